The summed E-state index contributed by atoms with van der Waals surface area (Å²) in [6.45, 7) is 4.91. The molecule has 1 aromatic rings. The Kier molecular flexibility index (Phi) is 3.76. The zero-order valence-corrected chi connectivity index (χ0v) is 11.6. The van der Waals surface area contributed by atoms with E-state index in [1.165, 1.54) is 12.1 Å². The van der Waals surface area contributed by atoms with Gasteiger partial charge >= 0.3 is 6.03 Å². The monoisotopic (exact) mass is 277 g/mol. The molecule has 0 aromatic heterocycles. The maximum atomic E-state index is 12.9. The average molecular weight is 277 g/mol. The molecule has 0 radical (unpaired) electrons. The molecule has 2 saturated heterocycles. The number of halogens is 1. The number of nitrogens with zero attached hydrogens (tertiary/aromatic N) is 3. The lowest BCUT2D eigenvalue weighted by atomic mass is 10.2. The minimum absolute atomic E-state index is 0.182. The van der Waals surface area contributed by atoms with Gasteiger partial charge in [0.2, 0.25) is 0 Å². The van der Waals surface area contributed by atoms with Gasteiger partial charge in [-0.2, -0.15) is 0 Å². The molecule has 20 heavy (non-hydrogen) atoms. The van der Waals surface area contributed by atoms with Crippen LogP contribution in [0.5, 0.6) is 0 Å². The van der Waals surface area contributed by atoms with Gasteiger partial charge < -0.3 is 14.7 Å². The first-order chi connectivity index (χ1) is 9.74. The van der Waals surface area contributed by atoms with Crippen LogP contribution in [0.15, 0.2) is 24.3 Å². The standard InChI is InChI=1S/C15H20FN3O/c16-13-3-5-14(6-4-13)17-9-11-19(12-10-17)15(20)18-7-1-2-8-18/h3-6H,1-2,7-12H2. The van der Waals surface area contributed by atoms with Gasteiger partial charge in [-0.15, -0.1) is 0 Å². The van der Waals surface area contributed by atoms with E-state index in [0.29, 0.717) is 0 Å². The van der Waals surface area contributed by atoms with Gasteiger partial charge in [0.1, 0.15) is 5.82 Å². The Bertz CT molecular complexity index is 463. The lowest BCUT2D eigenvalue weighted by molar-refractivity contribution is 0.159. The number of urea groups is 1. The fourth-order valence-electron chi connectivity index (χ4n) is 2.92. The zero-order chi connectivity index (χ0) is 13.9. The molecule has 2 aliphatic heterocycles. The average Bonchev–Trinajstić information content (AvgIpc) is 3.02. The summed E-state index contributed by atoms with van der Waals surface area (Å²) in [4.78, 5) is 18.4. The second-order valence-corrected chi connectivity index (χ2v) is 5.43. The summed E-state index contributed by atoms with van der Waals surface area (Å²) >= 11 is 0. The van der Waals surface area contributed by atoms with E-state index in [1.807, 2.05) is 9.80 Å². The van der Waals surface area contributed by atoms with Crippen molar-refractivity contribution in [1.82, 2.24) is 9.80 Å². The summed E-state index contributed by atoms with van der Waals surface area (Å²) in [5.41, 5.74) is 1.03. The fourth-order valence-corrected chi connectivity index (χ4v) is 2.92. The number of likely N-dealkylation sites (tertiary alicyclic amines) is 1. The number of carbonyl (C=O) groups excluding carboxylic acids is 1. The Hall–Kier alpha value is -1.78. The summed E-state index contributed by atoms with van der Waals surface area (Å²) in [5.74, 6) is -0.211. The molecule has 1 aromatic carbocycles. The third-order valence-electron chi connectivity index (χ3n) is 4.12. The predicted molar refractivity (Wildman–Crippen MR) is 76.4 cm³/mol. The summed E-state index contributed by atoms with van der Waals surface area (Å²) < 4.78 is 12.9. The van der Waals surface area contributed by atoms with Crippen LogP contribution >= 0.6 is 0 Å². The van der Waals surface area contributed by atoms with Crippen LogP contribution in [0.4, 0.5) is 14.9 Å². The van der Waals surface area contributed by atoms with Crippen molar-refractivity contribution in [3.05, 3.63) is 30.1 Å². The molecule has 4 nitrogen and oxygen atoms in total. The summed E-state index contributed by atoms with van der Waals surface area (Å²) in [6, 6.07) is 6.75. The van der Waals surface area contributed by atoms with Gasteiger partial charge in [0.15, 0.2) is 0 Å². The highest BCUT2D eigenvalue weighted by molar-refractivity contribution is 5.75. The Balaban J connectivity index is 1.56. The first kappa shape index (κ1) is 13.2. The van der Waals surface area contributed by atoms with Crippen molar-refractivity contribution in [2.45, 2.75) is 12.8 Å². The van der Waals surface area contributed by atoms with E-state index in [1.54, 1.807) is 12.1 Å². The minimum Gasteiger partial charge on any atom is -0.368 e. The number of anilines is 1. The highest BCUT2D eigenvalue weighted by Gasteiger charge is 2.26. The Morgan fingerprint density at radius 1 is 0.850 bits per heavy atom. The molecule has 0 aliphatic carbocycles. The lowest BCUT2D eigenvalue weighted by Crippen LogP contribution is -2.52. The molecule has 0 atom stereocenters. The van der Waals surface area contributed by atoms with Crippen LogP contribution in [0, 0.1) is 5.82 Å². The molecule has 2 amide bonds. The molecule has 3 rings (SSSR count). The van der Waals surface area contributed by atoms with Crippen LogP contribution < -0.4 is 4.90 Å². The van der Waals surface area contributed by atoms with Crippen molar-refractivity contribution in [1.29, 1.82) is 0 Å². The molecule has 0 spiro atoms. The normalized spacial score (nSPS) is 19.6. The minimum atomic E-state index is -0.211. The highest BCUT2D eigenvalue weighted by Crippen LogP contribution is 2.18. The number of benzene rings is 1. The Morgan fingerprint density at radius 3 is 2.00 bits per heavy atom. The summed E-state index contributed by atoms with van der Waals surface area (Å²) in [5, 5.41) is 0. The third-order valence-corrected chi connectivity index (χ3v) is 4.12. The summed E-state index contributed by atoms with van der Waals surface area (Å²) in [6.07, 6.45) is 2.25. The molecule has 2 heterocycles. The van der Waals surface area contributed by atoms with Crippen LogP contribution in [0.1, 0.15) is 12.8 Å². The van der Waals surface area contributed by atoms with Crippen molar-refractivity contribution in [3.63, 3.8) is 0 Å². The number of piperazine rings is 1. The van der Waals surface area contributed by atoms with Gasteiger partial charge in [0.05, 0.1) is 0 Å². The van der Waals surface area contributed by atoms with Crippen LogP contribution in [0.25, 0.3) is 0 Å². The molecule has 0 N–H and O–H groups in total. The van der Waals surface area contributed by atoms with Gasteiger partial charge in [0.25, 0.3) is 0 Å². The van der Waals surface area contributed by atoms with E-state index in [-0.39, 0.29) is 11.8 Å². The molecular formula is C15H20FN3O. The number of carbonyl (C=O) groups is 1. The lowest BCUT2D eigenvalue weighted by Gasteiger charge is -2.37. The van der Waals surface area contributed by atoms with Crippen molar-refractivity contribution in [3.8, 4) is 0 Å². The number of hydrogen-bond acceptors (Lipinski definition) is 2. The Morgan fingerprint density at radius 2 is 1.40 bits per heavy atom. The van der Waals surface area contributed by atoms with Gasteiger partial charge in [-0.3, -0.25) is 0 Å². The van der Waals surface area contributed by atoms with Gasteiger partial charge in [-0.1, -0.05) is 0 Å². The maximum Gasteiger partial charge on any atom is 0.320 e. The van der Waals surface area contributed by atoms with E-state index >= 15 is 0 Å². The molecule has 0 bridgehead atoms. The van der Waals surface area contributed by atoms with E-state index < -0.39 is 0 Å². The Labute approximate surface area is 118 Å². The quantitative estimate of drug-likeness (QED) is 0.786. The largest absolute Gasteiger partial charge is 0.368 e. The topological polar surface area (TPSA) is 26.8 Å². The molecule has 0 saturated carbocycles. The van der Waals surface area contributed by atoms with E-state index in [2.05, 4.69) is 4.90 Å². The van der Waals surface area contributed by atoms with Crippen molar-refractivity contribution in [2.24, 2.45) is 0 Å². The van der Waals surface area contributed by atoms with Crippen LogP contribution in [0.2, 0.25) is 0 Å². The van der Waals surface area contributed by atoms with Crippen LogP contribution in [0.3, 0.4) is 0 Å². The smallest absolute Gasteiger partial charge is 0.320 e. The SMILES string of the molecule is O=C(N1CCCC1)N1CCN(c2ccc(F)cc2)CC1. The molecule has 5 heteroatoms. The second kappa shape index (κ2) is 5.69. The van der Waals surface area contributed by atoms with E-state index in [0.717, 1.165) is 57.8 Å². The second-order valence-electron chi connectivity index (χ2n) is 5.43. The van der Waals surface area contributed by atoms with Crippen molar-refractivity contribution in [2.75, 3.05) is 44.2 Å². The molecule has 2 aliphatic rings. The van der Waals surface area contributed by atoms with Gasteiger partial charge in [-0.25, -0.2) is 9.18 Å². The van der Waals surface area contributed by atoms with Crippen LogP contribution in [-0.2, 0) is 0 Å². The van der Waals surface area contributed by atoms with Crippen molar-refractivity contribution >= 4 is 11.7 Å². The molecule has 108 valence electrons. The van der Waals surface area contributed by atoms with E-state index in [4.69, 9.17) is 0 Å². The van der Waals surface area contributed by atoms with Gasteiger partial charge in [0, 0.05) is 45.0 Å². The third kappa shape index (κ3) is 2.71. The highest BCUT2D eigenvalue weighted by atomic mass is 19.1. The fraction of sp³-hybridized carbons (Fsp3) is 0.533. The molecule has 0 unspecified atom stereocenters. The first-order valence-electron chi connectivity index (χ1n) is 7.28. The van der Waals surface area contributed by atoms with Gasteiger partial charge in [-0.05, 0) is 37.1 Å². The maximum absolute atomic E-state index is 12.9. The predicted octanol–water partition coefficient (Wildman–Crippen LogP) is 2.16. The number of hydrogen-bond donors (Lipinski definition) is 0. The van der Waals surface area contributed by atoms with E-state index in [9.17, 15) is 9.18 Å². The van der Waals surface area contributed by atoms with Crippen molar-refractivity contribution < 1.29 is 9.18 Å². The number of amides is 2. The van der Waals surface area contributed by atoms with Crippen LogP contribution in [-0.4, -0.2) is 55.1 Å². The molecular weight excluding hydrogens is 257 g/mol. The first-order valence-corrected chi connectivity index (χ1v) is 7.28. The molecule has 2 fully saturated rings. The number of rotatable bonds is 1. The summed E-state index contributed by atoms with van der Waals surface area (Å²) in [7, 11) is 0. The zero-order valence-electron chi connectivity index (χ0n) is 11.6.